The zero-order chi connectivity index (χ0) is 59.9. The van der Waals surface area contributed by atoms with E-state index in [4.69, 9.17) is 14.2 Å². The predicted octanol–water partition coefficient (Wildman–Crippen LogP) is 24.3. The zero-order valence-corrected chi connectivity index (χ0v) is 54.4. The van der Waals surface area contributed by atoms with Crippen molar-refractivity contribution in [2.24, 2.45) is 0 Å². The molecule has 6 heteroatoms. The van der Waals surface area contributed by atoms with Crippen molar-refractivity contribution in [2.75, 3.05) is 13.2 Å². The van der Waals surface area contributed by atoms with Crippen LogP contribution in [0.5, 0.6) is 0 Å². The van der Waals surface area contributed by atoms with Crippen LogP contribution in [-0.2, 0) is 28.6 Å². The largest absolute Gasteiger partial charge is 0.462 e. The number of ether oxygens (including phenoxy) is 3. The maximum Gasteiger partial charge on any atom is 0.306 e. The summed E-state index contributed by atoms with van der Waals surface area (Å²) in [6.45, 7) is 6.42. The standard InChI is InChI=1S/C77H130O6/c1-4-7-10-13-15-17-19-21-23-25-27-29-31-33-35-36-37-38-39-40-42-43-45-47-49-51-53-55-57-59-61-64-67-70-76(79)82-73-74(72-81-75(78)69-66-63-12-9-6-3)83-77(80)71-68-65-62-60-58-56-54-52-50-48-46-44-41-34-32-30-28-26-24-22-20-18-16-14-11-8-5-2/h8,11,16,18-19,21-22,24-25,27-28,30,34,41,46,48,52,54,58,60,74H,4-7,9-10,12-15,17,20,23,26,29,31-33,35-40,42-45,47,49-51,53,55-57,59,61-73H2,1-3H3/b11-8-,18-16-,21-19-,24-22-,27-25-,30-28-,41-34-,48-46-,54-52-,60-58-. The van der Waals surface area contributed by atoms with Gasteiger partial charge in [-0.3, -0.25) is 14.4 Å². The normalized spacial score (nSPS) is 12.9. The molecule has 0 N–H and O–H groups in total. The van der Waals surface area contributed by atoms with E-state index in [2.05, 4.69) is 142 Å². The molecule has 0 aromatic heterocycles. The Balaban J connectivity index is 4.04. The Hall–Kier alpha value is -4.19. The molecule has 0 radical (unpaired) electrons. The van der Waals surface area contributed by atoms with E-state index in [-0.39, 0.29) is 37.5 Å². The van der Waals surface area contributed by atoms with Crippen LogP contribution in [-0.4, -0.2) is 37.2 Å². The summed E-state index contributed by atoms with van der Waals surface area (Å²) in [5.41, 5.74) is 0. The fraction of sp³-hybridized carbons (Fsp3) is 0.701. The highest BCUT2D eigenvalue weighted by Gasteiger charge is 2.19. The summed E-state index contributed by atoms with van der Waals surface area (Å²) in [4.78, 5) is 38.0. The Morgan fingerprint density at radius 2 is 0.470 bits per heavy atom. The van der Waals surface area contributed by atoms with E-state index >= 15 is 0 Å². The highest BCUT2D eigenvalue weighted by molar-refractivity contribution is 5.71. The molecule has 474 valence electrons. The number of allylic oxidation sites excluding steroid dienone is 20. The van der Waals surface area contributed by atoms with Crippen molar-refractivity contribution < 1.29 is 28.6 Å². The number of unbranched alkanes of at least 4 members (excludes halogenated alkanes) is 32. The topological polar surface area (TPSA) is 78.9 Å². The molecule has 1 atom stereocenters. The van der Waals surface area contributed by atoms with Crippen molar-refractivity contribution in [1.29, 1.82) is 0 Å². The molecule has 6 nitrogen and oxygen atoms in total. The first-order chi connectivity index (χ1) is 41.0. The molecule has 0 aromatic rings. The van der Waals surface area contributed by atoms with Crippen LogP contribution in [0, 0.1) is 0 Å². The number of hydrogen-bond acceptors (Lipinski definition) is 6. The maximum atomic E-state index is 12.8. The van der Waals surface area contributed by atoms with Gasteiger partial charge in [-0.15, -0.1) is 0 Å². The Kier molecular flexibility index (Phi) is 66.7. The fourth-order valence-corrected chi connectivity index (χ4v) is 9.73. The van der Waals surface area contributed by atoms with E-state index in [1.54, 1.807) is 0 Å². The summed E-state index contributed by atoms with van der Waals surface area (Å²) in [5, 5.41) is 0. The van der Waals surface area contributed by atoms with Crippen molar-refractivity contribution in [3.05, 3.63) is 122 Å². The van der Waals surface area contributed by atoms with Crippen LogP contribution in [0.4, 0.5) is 0 Å². The van der Waals surface area contributed by atoms with Gasteiger partial charge in [0.05, 0.1) is 0 Å². The molecule has 0 aliphatic carbocycles. The molecule has 0 bridgehead atoms. The average Bonchev–Trinajstić information content (AvgIpc) is 3.49. The van der Waals surface area contributed by atoms with Crippen LogP contribution in [0.25, 0.3) is 0 Å². The number of rotatable bonds is 63. The summed E-state index contributed by atoms with van der Waals surface area (Å²) < 4.78 is 16.8. The lowest BCUT2D eigenvalue weighted by atomic mass is 10.0. The first-order valence-electron chi connectivity index (χ1n) is 35.0. The summed E-state index contributed by atoms with van der Waals surface area (Å²) in [7, 11) is 0. The molecule has 0 heterocycles. The fourth-order valence-electron chi connectivity index (χ4n) is 9.73. The first-order valence-corrected chi connectivity index (χ1v) is 35.0. The van der Waals surface area contributed by atoms with Gasteiger partial charge < -0.3 is 14.2 Å². The van der Waals surface area contributed by atoms with E-state index in [1.165, 1.54) is 161 Å². The number of hydrogen-bond donors (Lipinski definition) is 0. The van der Waals surface area contributed by atoms with Crippen LogP contribution in [0.3, 0.4) is 0 Å². The Morgan fingerprint density at radius 3 is 0.759 bits per heavy atom. The molecular weight excluding hydrogens is 1020 g/mol. The number of carbonyl (C=O) groups is 3. The monoisotopic (exact) mass is 1150 g/mol. The maximum absolute atomic E-state index is 12.8. The van der Waals surface area contributed by atoms with E-state index < -0.39 is 6.10 Å². The van der Waals surface area contributed by atoms with Gasteiger partial charge in [0.1, 0.15) is 13.2 Å². The molecule has 0 saturated carbocycles. The second-order valence-electron chi connectivity index (χ2n) is 23.1. The predicted molar refractivity (Wildman–Crippen MR) is 362 cm³/mol. The summed E-state index contributed by atoms with van der Waals surface area (Å²) in [6, 6.07) is 0. The lowest BCUT2D eigenvalue weighted by Gasteiger charge is -2.18. The Labute approximate surface area is 513 Å². The molecule has 0 amide bonds. The average molecular weight is 1150 g/mol. The van der Waals surface area contributed by atoms with Crippen LogP contribution >= 0.6 is 0 Å². The molecule has 0 aliphatic heterocycles. The minimum atomic E-state index is -0.800. The minimum absolute atomic E-state index is 0.0953. The molecule has 0 aliphatic rings. The van der Waals surface area contributed by atoms with Gasteiger partial charge in [0.25, 0.3) is 0 Å². The lowest BCUT2D eigenvalue weighted by Crippen LogP contribution is -2.30. The SMILES string of the molecule is CC/C=C\C/C=C\C/C=C\C/C=C\C/C=C\C/C=C\C/C=C\C/C=C\CCCCC(=O)OC(COC(=O)CCCCCCC)COC(=O)CCCCCCCCCCCCCCCCCCCCCCC/C=C\C/C=C\CCCCCCC. The van der Waals surface area contributed by atoms with Crippen molar-refractivity contribution in [2.45, 2.75) is 335 Å². The first kappa shape index (κ1) is 78.8. The molecule has 0 aromatic carbocycles. The third kappa shape index (κ3) is 68.5. The van der Waals surface area contributed by atoms with Crippen LogP contribution in [0.2, 0.25) is 0 Å². The zero-order valence-electron chi connectivity index (χ0n) is 54.4. The van der Waals surface area contributed by atoms with Crippen molar-refractivity contribution in [3.63, 3.8) is 0 Å². The third-order valence-electron chi connectivity index (χ3n) is 15.0. The van der Waals surface area contributed by atoms with Gasteiger partial charge in [0.2, 0.25) is 0 Å². The van der Waals surface area contributed by atoms with Crippen LogP contribution in [0.1, 0.15) is 329 Å². The summed E-state index contributed by atoms with van der Waals surface area (Å²) >= 11 is 0. The number of esters is 3. The van der Waals surface area contributed by atoms with Crippen molar-refractivity contribution >= 4 is 17.9 Å². The second kappa shape index (κ2) is 70.3. The van der Waals surface area contributed by atoms with E-state index in [0.29, 0.717) is 19.3 Å². The number of carbonyl (C=O) groups excluding carboxylic acids is 3. The Morgan fingerprint density at radius 1 is 0.253 bits per heavy atom. The van der Waals surface area contributed by atoms with Crippen molar-refractivity contribution in [1.82, 2.24) is 0 Å². The molecule has 1 unspecified atom stereocenters. The van der Waals surface area contributed by atoms with Crippen LogP contribution in [0.15, 0.2) is 122 Å². The van der Waals surface area contributed by atoms with Crippen molar-refractivity contribution in [3.8, 4) is 0 Å². The van der Waals surface area contributed by atoms with Gasteiger partial charge in [0, 0.05) is 19.3 Å². The van der Waals surface area contributed by atoms with E-state index in [0.717, 1.165) is 122 Å². The van der Waals surface area contributed by atoms with Gasteiger partial charge in [-0.05, 0) is 116 Å². The van der Waals surface area contributed by atoms with Gasteiger partial charge in [-0.1, -0.05) is 316 Å². The minimum Gasteiger partial charge on any atom is -0.462 e. The molecule has 0 spiro atoms. The van der Waals surface area contributed by atoms with E-state index in [1.807, 2.05) is 0 Å². The smallest absolute Gasteiger partial charge is 0.306 e. The molecule has 0 fully saturated rings. The molecule has 0 rings (SSSR count). The van der Waals surface area contributed by atoms with Gasteiger partial charge in [-0.25, -0.2) is 0 Å². The van der Waals surface area contributed by atoms with Gasteiger partial charge >= 0.3 is 17.9 Å². The van der Waals surface area contributed by atoms with Crippen LogP contribution < -0.4 is 0 Å². The quantitative estimate of drug-likeness (QED) is 0.0261. The highest BCUT2D eigenvalue weighted by Crippen LogP contribution is 2.17. The van der Waals surface area contributed by atoms with Gasteiger partial charge in [0.15, 0.2) is 6.10 Å². The summed E-state index contributed by atoms with van der Waals surface area (Å²) in [5.74, 6) is -0.947. The lowest BCUT2D eigenvalue weighted by molar-refractivity contribution is -0.167. The highest BCUT2D eigenvalue weighted by atomic mass is 16.6. The van der Waals surface area contributed by atoms with Gasteiger partial charge in [-0.2, -0.15) is 0 Å². The molecule has 83 heavy (non-hydrogen) atoms. The van der Waals surface area contributed by atoms with E-state index in [9.17, 15) is 14.4 Å². The third-order valence-corrected chi connectivity index (χ3v) is 15.0. The summed E-state index contributed by atoms with van der Waals surface area (Å²) in [6.07, 6.45) is 98.6. The molecular formula is C77H130O6. The Bertz CT molecular complexity index is 1700. The molecule has 0 saturated heterocycles. The second-order valence-corrected chi connectivity index (χ2v) is 23.1.